The van der Waals surface area contributed by atoms with Gasteiger partial charge in [0.05, 0.1) is 12.3 Å². The van der Waals surface area contributed by atoms with Crippen molar-refractivity contribution in [1.29, 1.82) is 0 Å². The first-order chi connectivity index (χ1) is 15.6. The number of nitrogens with zero attached hydrogens (tertiary/aromatic N) is 3. The van der Waals surface area contributed by atoms with Gasteiger partial charge in [0.25, 0.3) is 5.56 Å². The molecule has 0 aliphatic carbocycles. The number of benzene rings is 2. The molecule has 32 heavy (non-hydrogen) atoms. The lowest BCUT2D eigenvalue weighted by atomic mass is 9.90. The first-order valence-electron chi connectivity index (χ1n) is 11.3. The minimum atomic E-state index is -0.271. The van der Waals surface area contributed by atoms with Crippen LogP contribution < -0.4 is 10.3 Å². The van der Waals surface area contributed by atoms with Gasteiger partial charge in [-0.2, -0.15) is 5.10 Å². The molecular formula is C26H29N3O3. The Balaban J connectivity index is 1.37. The number of rotatable bonds is 7. The van der Waals surface area contributed by atoms with E-state index in [0.717, 1.165) is 43.7 Å². The van der Waals surface area contributed by atoms with Gasteiger partial charge >= 0.3 is 0 Å². The van der Waals surface area contributed by atoms with Crippen molar-refractivity contribution < 1.29 is 9.53 Å². The van der Waals surface area contributed by atoms with Gasteiger partial charge in [-0.15, -0.1) is 0 Å². The minimum Gasteiger partial charge on any atom is -0.494 e. The van der Waals surface area contributed by atoms with Crippen molar-refractivity contribution in [2.24, 2.45) is 5.92 Å². The number of carbonyl (C=O) groups excluding carboxylic acids is 1. The summed E-state index contributed by atoms with van der Waals surface area (Å²) in [5, 5.41) is 4.44. The summed E-state index contributed by atoms with van der Waals surface area (Å²) in [5.41, 5.74) is 2.60. The molecule has 0 N–H and O–H groups in total. The predicted molar refractivity (Wildman–Crippen MR) is 125 cm³/mol. The smallest absolute Gasteiger partial charge is 0.267 e. The number of likely N-dealkylation sites (tertiary alicyclic amines) is 1. The van der Waals surface area contributed by atoms with Crippen molar-refractivity contribution in [3.05, 3.63) is 82.6 Å². The summed E-state index contributed by atoms with van der Waals surface area (Å²) in [5.74, 6) is 1.32. The van der Waals surface area contributed by atoms with Crippen LogP contribution in [0.5, 0.6) is 5.75 Å². The van der Waals surface area contributed by atoms with Crippen LogP contribution in [0.15, 0.2) is 71.5 Å². The highest BCUT2D eigenvalue weighted by atomic mass is 16.5. The SMILES string of the molecule is CCOc1ccc(-c2ccc(=O)n(CC(=O)N3CCC(Cc4ccccc4)CC3)n2)cc1. The Hall–Kier alpha value is -3.41. The van der Waals surface area contributed by atoms with Gasteiger partial charge in [0.15, 0.2) is 0 Å². The predicted octanol–water partition coefficient (Wildman–Crippen LogP) is 3.79. The van der Waals surface area contributed by atoms with Gasteiger partial charge in [-0.3, -0.25) is 9.59 Å². The number of hydrogen-bond acceptors (Lipinski definition) is 4. The van der Waals surface area contributed by atoms with E-state index in [-0.39, 0.29) is 18.0 Å². The maximum atomic E-state index is 12.9. The summed E-state index contributed by atoms with van der Waals surface area (Å²) in [6.07, 6.45) is 3.01. The van der Waals surface area contributed by atoms with Crippen molar-refractivity contribution in [1.82, 2.24) is 14.7 Å². The van der Waals surface area contributed by atoms with E-state index in [1.54, 1.807) is 6.07 Å². The molecule has 1 aromatic heterocycles. The van der Waals surface area contributed by atoms with Crippen LogP contribution in [0.3, 0.4) is 0 Å². The summed E-state index contributed by atoms with van der Waals surface area (Å²) in [4.78, 5) is 27.0. The van der Waals surface area contributed by atoms with Crippen LogP contribution in [0.25, 0.3) is 11.3 Å². The zero-order chi connectivity index (χ0) is 22.3. The Morgan fingerprint density at radius 3 is 2.41 bits per heavy atom. The van der Waals surface area contributed by atoms with Crippen molar-refractivity contribution in [2.45, 2.75) is 32.7 Å². The molecule has 1 fully saturated rings. The fourth-order valence-corrected chi connectivity index (χ4v) is 4.17. The Morgan fingerprint density at radius 1 is 1.00 bits per heavy atom. The highest BCUT2D eigenvalue weighted by Crippen LogP contribution is 2.22. The van der Waals surface area contributed by atoms with E-state index >= 15 is 0 Å². The number of amides is 1. The van der Waals surface area contributed by atoms with Crippen LogP contribution in [0.1, 0.15) is 25.3 Å². The summed E-state index contributed by atoms with van der Waals surface area (Å²) in [6, 6.07) is 21.2. The maximum Gasteiger partial charge on any atom is 0.267 e. The topological polar surface area (TPSA) is 64.4 Å². The molecule has 2 heterocycles. The second kappa shape index (κ2) is 10.3. The number of piperidine rings is 1. The Bertz CT molecular complexity index is 1090. The zero-order valence-corrected chi connectivity index (χ0v) is 18.4. The normalized spacial score (nSPS) is 14.3. The van der Waals surface area contributed by atoms with Crippen LogP contribution in [0.4, 0.5) is 0 Å². The lowest BCUT2D eigenvalue weighted by Crippen LogP contribution is -2.42. The average molecular weight is 432 g/mol. The zero-order valence-electron chi connectivity index (χ0n) is 18.4. The third kappa shape index (κ3) is 5.44. The molecule has 3 aromatic rings. The molecule has 0 unspecified atom stereocenters. The summed E-state index contributed by atoms with van der Waals surface area (Å²) in [7, 11) is 0. The number of carbonyl (C=O) groups is 1. The molecule has 0 spiro atoms. The molecule has 1 saturated heterocycles. The van der Waals surface area contributed by atoms with Crippen LogP contribution in [0.2, 0.25) is 0 Å². The molecule has 166 valence electrons. The van der Waals surface area contributed by atoms with Gasteiger partial charge in [0.2, 0.25) is 5.91 Å². The summed E-state index contributed by atoms with van der Waals surface area (Å²) >= 11 is 0. The van der Waals surface area contributed by atoms with E-state index in [4.69, 9.17) is 4.74 Å². The fraction of sp³-hybridized carbons (Fsp3) is 0.346. The Labute approximate surface area is 188 Å². The van der Waals surface area contributed by atoms with Gasteiger partial charge in [-0.05, 0) is 68.0 Å². The molecule has 1 aliphatic heterocycles. The number of ether oxygens (including phenoxy) is 1. The first-order valence-corrected chi connectivity index (χ1v) is 11.3. The Morgan fingerprint density at radius 2 is 1.72 bits per heavy atom. The summed E-state index contributed by atoms with van der Waals surface area (Å²) in [6.45, 7) is 3.96. The summed E-state index contributed by atoms with van der Waals surface area (Å²) < 4.78 is 6.74. The molecule has 6 heteroatoms. The van der Waals surface area contributed by atoms with Gasteiger partial charge < -0.3 is 9.64 Å². The second-order valence-electron chi connectivity index (χ2n) is 8.19. The van der Waals surface area contributed by atoms with E-state index in [1.807, 2.05) is 42.2 Å². The van der Waals surface area contributed by atoms with E-state index in [1.165, 1.54) is 16.3 Å². The highest BCUT2D eigenvalue weighted by Gasteiger charge is 2.23. The Kier molecular flexibility index (Phi) is 7.00. The van der Waals surface area contributed by atoms with Crippen LogP contribution in [-0.2, 0) is 17.8 Å². The van der Waals surface area contributed by atoms with E-state index in [2.05, 4.69) is 29.4 Å². The molecule has 0 radical (unpaired) electrons. The van der Waals surface area contributed by atoms with Gasteiger partial charge in [-0.1, -0.05) is 30.3 Å². The van der Waals surface area contributed by atoms with Gasteiger partial charge in [0, 0.05) is 24.7 Å². The molecule has 6 nitrogen and oxygen atoms in total. The monoisotopic (exact) mass is 431 g/mol. The molecule has 0 saturated carbocycles. The molecule has 0 atom stereocenters. The van der Waals surface area contributed by atoms with E-state index < -0.39 is 0 Å². The second-order valence-corrected chi connectivity index (χ2v) is 8.19. The standard InChI is InChI=1S/C26H29N3O3/c1-2-32-23-10-8-22(9-11-23)24-12-13-25(30)29(27-24)19-26(31)28-16-14-21(15-17-28)18-20-6-4-3-5-7-20/h3-13,21H,2,14-19H2,1H3. The third-order valence-corrected chi connectivity index (χ3v) is 5.95. The van der Waals surface area contributed by atoms with Crippen molar-refractivity contribution in [3.8, 4) is 17.0 Å². The van der Waals surface area contributed by atoms with Gasteiger partial charge in [-0.25, -0.2) is 4.68 Å². The quantitative estimate of drug-likeness (QED) is 0.571. The lowest BCUT2D eigenvalue weighted by Gasteiger charge is -2.32. The minimum absolute atomic E-state index is 0.0347. The highest BCUT2D eigenvalue weighted by molar-refractivity contribution is 5.76. The number of aromatic nitrogens is 2. The molecule has 1 aliphatic rings. The van der Waals surface area contributed by atoms with Crippen molar-refractivity contribution in [2.75, 3.05) is 19.7 Å². The van der Waals surface area contributed by atoms with Crippen molar-refractivity contribution >= 4 is 5.91 Å². The molecular weight excluding hydrogens is 402 g/mol. The third-order valence-electron chi connectivity index (χ3n) is 5.95. The van der Waals surface area contributed by atoms with Crippen LogP contribution in [0, 0.1) is 5.92 Å². The van der Waals surface area contributed by atoms with Crippen molar-refractivity contribution in [3.63, 3.8) is 0 Å². The lowest BCUT2D eigenvalue weighted by molar-refractivity contribution is -0.133. The van der Waals surface area contributed by atoms with E-state index in [0.29, 0.717) is 18.2 Å². The average Bonchev–Trinajstić information content (AvgIpc) is 2.82. The first kappa shape index (κ1) is 21.8. The van der Waals surface area contributed by atoms with Crippen LogP contribution in [-0.4, -0.2) is 40.3 Å². The van der Waals surface area contributed by atoms with Crippen LogP contribution >= 0.6 is 0 Å². The molecule has 4 rings (SSSR count). The number of hydrogen-bond donors (Lipinski definition) is 0. The maximum absolute atomic E-state index is 12.9. The van der Waals surface area contributed by atoms with Gasteiger partial charge in [0.1, 0.15) is 12.3 Å². The fourth-order valence-electron chi connectivity index (χ4n) is 4.17. The largest absolute Gasteiger partial charge is 0.494 e. The molecule has 0 bridgehead atoms. The van der Waals surface area contributed by atoms with E-state index in [9.17, 15) is 9.59 Å². The molecule has 2 aromatic carbocycles. The molecule has 1 amide bonds.